The number of hydrogen-bond acceptors (Lipinski definition) is 4. The van der Waals surface area contributed by atoms with E-state index >= 15 is 0 Å². The molecule has 1 amide bonds. The summed E-state index contributed by atoms with van der Waals surface area (Å²) in [5, 5.41) is 0. The van der Waals surface area contributed by atoms with Crippen molar-refractivity contribution in [3.8, 4) is 5.88 Å². The highest BCUT2D eigenvalue weighted by Crippen LogP contribution is 2.33. The fourth-order valence-electron chi connectivity index (χ4n) is 3.58. The molecular formula is C20H21FN4O2. The second-order valence-electron chi connectivity index (χ2n) is 6.58. The molecular weight excluding hydrogens is 347 g/mol. The van der Waals surface area contributed by atoms with Crippen LogP contribution in [0.25, 0.3) is 11.0 Å². The van der Waals surface area contributed by atoms with Crippen LogP contribution in [0.2, 0.25) is 0 Å². The van der Waals surface area contributed by atoms with Crippen LogP contribution in [0.3, 0.4) is 0 Å². The number of H-pyrrole nitrogens is 1. The number of pyridine rings is 1. The quantitative estimate of drug-likeness (QED) is 0.759. The van der Waals surface area contributed by atoms with Crippen molar-refractivity contribution in [2.24, 2.45) is 0 Å². The van der Waals surface area contributed by atoms with E-state index < -0.39 is 0 Å². The van der Waals surface area contributed by atoms with E-state index in [2.05, 4.69) is 15.0 Å². The van der Waals surface area contributed by atoms with Gasteiger partial charge in [0.15, 0.2) is 0 Å². The van der Waals surface area contributed by atoms with Gasteiger partial charge in [-0.1, -0.05) is 0 Å². The molecule has 1 saturated heterocycles. The van der Waals surface area contributed by atoms with E-state index in [1.165, 1.54) is 12.1 Å². The molecule has 2 aromatic heterocycles. The zero-order valence-electron chi connectivity index (χ0n) is 15.1. The average molecular weight is 368 g/mol. The Labute approximate surface area is 156 Å². The third-order valence-corrected chi connectivity index (χ3v) is 4.82. The van der Waals surface area contributed by atoms with E-state index in [9.17, 15) is 9.18 Å². The fourth-order valence-corrected chi connectivity index (χ4v) is 3.58. The molecule has 27 heavy (non-hydrogen) atoms. The molecule has 6 nitrogen and oxygen atoms in total. The number of fused-ring (bicyclic) bond motifs is 1. The maximum Gasteiger partial charge on any atom is 0.259 e. The lowest BCUT2D eigenvalue weighted by Crippen LogP contribution is -2.39. The van der Waals surface area contributed by atoms with Gasteiger partial charge in [-0.05, 0) is 56.5 Å². The number of amides is 1. The summed E-state index contributed by atoms with van der Waals surface area (Å²) in [7, 11) is 0. The first-order chi connectivity index (χ1) is 13.2. The number of hydrogen-bond donors (Lipinski definition) is 1. The number of benzene rings is 1. The first kappa shape index (κ1) is 17.5. The molecule has 7 heteroatoms. The summed E-state index contributed by atoms with van der Waals surface area (Å²) in [6.07, 6.45) is 4.36. The van der Waals surface area contributed by atoms with Crippen LogP contribution in [-0.4, -0.2) is 38.9 Å². The van der Waals surface area contributed by atoms with Gasteiger partial charge in [-0.25, -0.2) is 14.4 Å². The molecule has 0 spiro atoms. The Bertz CT molecular complexity index is 972. The molecule has 0 aliphatic carbocycles. The zero-order valence-corrected chi connectivity index (χ0v) is 15.1. The number of ether oxygens (including phenoxy) is 1. The van der Waals surface area contributed by atoms with E-state index in [0.717, 1.165) is 19.3 Å². The average Bonchev–Trinajstić information content (AvgIpc) is 3.11. The topological polar surface area (TPSA) is 71.1 Å². The van der Waals surface area contributed by atoms with Crippen LogP contribution >= 0.6 is 0 Å². The van der Waals surface area contributed by atoms with Gasteiger partial charge in [-0.15, -0.1) is 0 Å². The highest BCUT2D eigenvalue weighted by molar-refractivity contribution is 5.96. The number of aromatic nitrogens is 3. The largest absolute Gasteiger partial charge is 0.477 e. The third kappa shape index (κ3) is 3.37. The van der Waals surface area contributed by atoms with Gasteiger partial charge >= 0.3 is 0 Å². The molecule has 4 rings (SSSR count). The molecule has 1 aromatic carbocycles. The SMILES string of the molecule is CCOc1ncccc1C(=O)N1CCCC[C@H]1c1nc2ccc(F)cc2[nH]1. The lowest BCUT2D eigenvalue weighted by atomic mass is 10.0. The first-order valence-corrected chi connectivity index (χ1v) is 9.21. The highest BCUT2D eigenvalue weighted by Gasteiger charge is 2.32. The Morgan fingerprint density at radius 2 is 2.26 bits per heavy atom. The van der Waals surface area contributed by atoms with Crippen LogP contribution in [0.5, 0.6) is 5.88 Å². The molecule has 3 heterocycles. The Morgan fingerprint density at radius 1 is 1.37 bits per heavy atom. The van der Waals surface area contributed by atoms with Crippen molar-refractivity contribution in [2.45, 2.75) is 32.2 Å². The summed E-state index contributed by atoms with van der Waals surface area (Å²) in [6, 6.07) is 7.75. The Morgan fingerprint density at radius 3 is 3.11 bits per heavy atom. The standard InChI is InChI=1S/C20H21FN4O2/c1-2-27-19-14(6-5-10-22-19)20(26)25-11-4-3-7-17(25)18-23-15-9-8-13(21)12-16(15)24-18/h5-6,8-10,12,17H,2-4,7,11H2,1H3,(H,23,24)/t17-/m0/s1. The fraction of sp³-hybridized carbons (Fsp3) is 0.350. The minimum Gasteiger partial charge on any atom is -0.477 e. The number of aromatic amines is 1. The van der Waals surface area contributed by atoms with Gasteiger partial charge in [-0.2, -0.15) is 0 Å². The number of piperidine rings is 1. The number of likely N-dealkylation sites (tertiary alicyclic amines) is 1. The van der Waals surface area contributed by atoms with Crippen LogP contribution in [0.15, 0.2) is 36.5 Å². The van der Waals surface area contributed by atoms with Gasteiger partial charge in [0.25, 0.3) is 5.91 Å². The molecule has 1 atom stereocenters. The molecule has 3 aromatic rings. The lowest BCUT2D eigenvalue weighted by molar-refractivity contribution is 0.0596. The van der Waals surface area contributed by atoms with Crippen LogP contribution in [-0.2, 0) is 0 Å². The molecule has 0 unspecified atom stereocenters. The molecule has 0 bridgehead atoms. The summed E-state index contributed by atoms with van der Waals surface area (Å²) in [5.41, 5.74) is 1.79. The van der Waals surface area contributed by atoms with Crippen molar-refractivity contribution in [2.75, 3.05) is 13.2 Å². The molecule has 1 aliphatic heterocycles. The van der Waals surface area contributed by atoms with Crippen molar-refractivity contribution < 1.29 is 13.9 Å². The molecule has 1 fully saturated rings. The smallest absolute Gasteiger partial charge is 0.259 e. The van der Waals surface area contributed by atoms with E-state index in [0.29, 0.717) is 41.5 Å². The number of nitrogens with zero attached hydrogens (tertiary/aromatic N) is 3. The van der Waals surface area contributed by atoms with Crippen LogP contribution in [0.4, 0.5) is 4.39 Å². The number of halogens is 1. The normalized spacial score (nSPS) is 17.3. The Hall–Kier alpha value is -2.96. The molecule has 0 saturated carbocycles. The van der Waals surface area contributed by atoms with Gasteiger partial charge in [0.05, 0.1) is 23.7 Å². The number of nitrogens with one attached hydrogen (secondary N) is 1. The summed E-state index contributed by atoms with van der Waals surface area (Å²) < 4.78 is 19.0. The van der Waals surface area contributed by atoms with Crippen LogP contribution in [0, 0.1) is 5.82 Å². The van der Waals surface area contributed by atoms with Crippen LogP contribution < -0.4 is 4.74 Å². The molecule has 0 radical (unpaired) electrons. The van der Waals surface area contributed by atoms with Crippen molar-refractivity contribution >= 4 is 16.9 Å². The summed E-state index contributed by atoms with van der Waals surface area (Å²) in [6.45, 7) is 2.94. The van der Waals surface area contributed by atoms with Crippen molar-refractivity contribution in [1.29, 1.82) is 0 Å². The summed E-state index contributed by atoms with van der Waals surface area (Å²) in [4.78, 5) is 27.1. The van der Waals surface area contributed by atoms with Gasteiger partial charge in [0.1, 0.15) is 17.2 Å². The third-order valence-electron chi connectivity index (χ3n) is 4.82. The maximum atomic E-state index is 13.5. The van der Waals surface area contributed by atoms with E-state index in [1.54, 1.807) is 24.4 Å². The number of rotatable bonds is 4. The Balaban J connectivity index is 1.68. The second kappa shape index (κ2) is 7.34. The van der Waals surface area contributed by atoms with Gasteiger partial charge in [0.2, 0.25) is 5.88 Å². The molecule has 1 aliphatic rings. The number of imidazole rings is 1. The lowest BCUT2D eigenvalue weighted by Gasteiger charge is -2.34. The van der Waals surface area contributed by atoms with E-state index in [1.807, 2.05) is 11.8 Å². The zero-order chi connectivity index (χ0) is 18.8. The van der Waals surface area contributed by atoms with Gasteiger partial charge in [0, 0.05) is 12.7 Å². The monoisotopic (exact) mass is 368 g/mol. The number of carbonyl (C=O) groups is 1. The minimum atomic E-state index is -0.314. The van der Waals surface area contributed by atoms with E-state index in [-0.39, 0.29) is 17.8 Å². The van der Waals surface area contributed by atoms with E-state index in [4.69, 9.17) is 4.74 Å². The van der Waals surface area contributed by atoms with Crippen molar-refractivity contribution in [3.63, 3.8) is 0 Å². The summed E-state index contributed by atoms with van der Waals surface area (Å²) in [5.74, 6) is 0.598. The first-order valence-electron chi connectivity index (χ1n) is 9.21. The predicted octanol–water partition coefficient (Wildman–Crippen LogP) is 3.86. The molecule has 1 N–H and O–H groups in total. The molecule has 140 valence electrons. The predicted molar refractivity (Wildman–Crippen MR) is 99.1 cm³/mol. The van der Waals surface area contributed by atoms with Gasteiger partial charge < -0.3 is 14.6 Å². The second-order valence-corrected chi connectivity index (χ2v) is 6.58. The van der Waals surface area contributed by atoms with Crippen molar-refractivity contribution in [1.82, 2.24) is 19.9 Å². The maximum absolute atomic E-state index is 13.5. The van der Waals surface area contributed by atoms with Gasteiger partial charge in [-0.3, -0.25) is 4.79 Å². The summed E-state index contributed by atoms with van der Waals surface area (Å²) >= 11 is 0. The Kier molecular flexibility index (Phi) is 4.75. The number of carbonyl (C=O) groups excluding carboxylic acids is 1. The van der Waals surface area contributed by atoms with Crippen LogP contribution in [0.1, 0.15) is 48.4 Å². The van der Waals surface area contributed by atoms with Crippen molar-refractivity contribution in [3.05, 3.63) is 53.7 Å². The minimum absolute atomic E-state index is 0.122. The highest BCUT2D eigenvalue weighted by atomic mass is 19.1.